The molecule has 0 unspecified atom stereocenters. The molecule has 19 heavy (non-hydrogen) atoms. The predicted octanol–water partition coefficient (Wildman–Crippen LogP) is 3.71. The zero-order valence-electron chi connectivity index (χ0n) is 10.7. The number of benzene rings is 1. The van der Waals surface area contributed by atoms with Crippen molar-refractivity contribution in [1.82, 2.24) is 9.47 Å². The summed E-state index contributed by atoms with van der Waals surface area (Å²) in [5, 5.41) is 0.698. The van der Waals surface area contributed by atoms with Crippen LogP contribution in [0.4, 0.5) is 0 Å². The van der Waals surface area contributed by atoms with Gasteiger partial charge in [0.1, 0.15) is 5.69 Å². The Balaban J connectivity index is 2.11. The van der Waals surface area contributed by atoms with Gasteiger partial charge in [-0.1, -0.05) is 23.7 Å². The van der Waals surface area contributed by atoms with E-state index in [2.05, 4.69) is 15.9 Å². The van der Waals surface area contributed by atoms with E-state index < -0.39 is 0 Å². The molecule has 0 saturated heterocycles. The Hall–Kier alpha value is -1.26. The van der Waals surface area contributed by atoms with Crippen LogP contribution in [0.5, 0.6) is 0 Å². The topological polar surface area (TPSA) is 25.2 Å². The van der Waals surface area contributed by atoms with Crippen LogP contribution in [-0.4, -0.2) is 22.4 Å². The molecule has 0 radical (unpaired) electrons. The van der Waals surface area contributed by atoms with Crippen LogP contribution in [0.25, 0.3) is 0 Å². The Morgan fingerprint density at radius 3 is 2.53 bits per heavy atom. The Morgan fingerprint density at radius 1 is 1.37 bits per heavy atom. The fourth-order valence-corrected chi connectivity index (χ4v) is 2.52. The Kier molecular flexibility index (Phi) is 4.32. The van der Waals surface area contributed by atoms with Crippen LogP contribution in [0.15, 0.2) is 41.0 Å². The van der Waals surface area contributed by atoms with E-state index in [1.165, 1.54) is 0 Å². The van der Waals surface area contributed by atoms with Gasteiger partial charge in [0.25, 0.3) is 5.91 Å². The lowest BCUT2D eigenvalue weighted by atomic mass is 10.2. The van der Waals surface area contributed by atoms with Crippen LogP contribution in [0.1, 0.15) is 16.1 Å². The number of carbonyl (C=O) groups is 1. The number of aryl methyl sites for hydroxylation is 1. The van der Waals surface area contributed by atoms with E-state index in [0.29, 0.717) is 17.3 Å². The molecule has 0 bridgehead atoms. The van der Waals surface area contributed by atoms with Crippen LogP contribution in [0.2, 0.25) is 5.02 Å². The summed E-state index contributed by atoms with van der Waals surface area (Å²) in [5.74, 6) is -0.0110. The van der Waals surface area contributed by atoms with Crippen LogP contribution in [0.3, 0.4) is 0 Å². The molecule has 1 heterocycles. The van der Waals surface area contributed by atoms with E-state index in [4.69, 9.17) is 11.6 Å². The second-order valence-electron chi connectivity index (χ2n) is 4.44. The van der Waals surface area contributed by atoms with Crippen molar-refractivity contribution >= 4 is 33.4 Å². The number of nitrogens with zero attached hydrogens (tertiary/aromatic N) is 2. The quantitative estimate of drug-likeness (QED) is 0.835. The fourth-order valence-electron chi connectivity index (χ4n) is 1.87. The SMILES string of the molecule is CN(Cc1ccc(Cl)cc1)C(=O)c1cc(Br)cn1C. The normalized spacial score (nSPS) is 10.5. The van der Waals surface area contributed by atoms with E-state index in [0.717, 1.165) is 10.0 Å². The number of aromatic nitrogens is 1. The smallest absolute Gasteiger partial charge is 0.270 e. The molecular weight excluding hydrogens is 328 g/mol. The molecule has 0 aliphatic rings. The molecule has 2 aromatic rings. The van der Waals surface area contributed by atoms with Gasteiger partial charge in [0.15, 0.2) is 0 Å². The van der Waals surface area contributed by atoms with Crippen LogP contribution in [-0.2, 0) is 13.6 Å². The summed E-state index contributed by atoms with van der Waals surface area (Å²) >= 11 is 9.21. The zero-order chi connectivity index (χ0) is 14.0. The number of amides is 1. The van der Waals surface area contributed by atoms with Gasteiger partial charge in [0.2, 0.25) is 0 Å². The average molecular weight is 342 g/mol. The first-order valence-corrected chi connectivity index (χ1v) is 6.96. The van der Waals surface area contributed by atoms with Gasteiger partial charge in [0.05, 0.1) is 0 Å². The van der Waals surface area contributed by atoms with Gasteiger partial charge in [-0.05, 0) is 39.7 Å². The lowest BCUT2D eigenvalue weighted by Crippen LogP contribution is -2.27. The summed E-state index contributed by atoms with van der Waals surface area (Å²) in [6, 6.07) is 9.32. The number of hydrogen-bond acceptors (Lipinski definition) is 1. The first-order valence-electron chi connectivity index (χ1n) is 5.79. The van der Waals surface area contributed by atoms with Gasteiger partial charge in [-0.2, -0.15) is 0 Å². The first-order chi connectivity index (χ1) is 8.97. The molecule has 100 valence electrons. The largest absolute Gasteiger partial charge is 0.345 e. The number of rotatable bonds is 3. The second-order valence-corrected chi connectivity index (χ2v) is 5.79. The maximum atomic E-state index is 12.3. The Labute approximate surface area is 125 Å². The average Bonchev–Trinajstić information content (AvgIpc) is 2.70. The van der Waals surface area contributed by atoms with Gasteiger partial charge in [0, 0.05) is 36.3 Å². The van der Waals surface area contributed by atoms with Crippen LogP contribution >= 0.6 is 27.5 Å². The molecule has 0 fully saturated rings. The fraction of sp³-hybridized carbons (Fsp3) is 0.214. The minimum Gasteiger partial charge on any atom is -0.345 e. The maximum absolute atomic E-state index is 12.3. The Bertz CT molecular complexity index is 592. The third-order valence-electron chi connectivity index (χ3n) is 2.87. The van der Waals surface area contributed by atoms with Crippen molar-refractivity contribution in [2.75, 3.05) is 7.05 Å². The molecule has 1 amide bonds. The van der Waals surface area contributed by atoms with E-state index in [1.54, 1.807) is 11.9 Å². The molecule has 1 aromatic carbocycles. The standard InChI is InChI=1S/C14H14BrClN2O/c1-17-9-11(15)7-13(17)14(19)18(2)8-10-3-5-12(16)6-4-10/h3-7,9H,8H2,1-2H3. The summed E-state index contributed by atoms with van der Waals surface area (Å²) in [7, 11) is 3.64. The van der Waals surface area contributed by atoms with Crippen molar-refractivity contribution in [3.05, 3.63) is 57.3 Å². The summed E-state index contributed by atoms with van der Waals surface area (Å²) in [5.41, 5.74) is 1.71. The van der Waals surface area contributed by atoms with Crippen molar-refractivity contribution in [2.45, 2.75) is 6.54 Å². The molecule has 0 saturated carbocycles. The van der Waals surface area contributed by atoms with Gasteiger partial charge in [-0.25, -0.2) is 0 Å². The van der Waals surface area contributed by atoms with E-state index in [1.807, 2.05) is 48.1 Å². The van der Waals surface area contributed by atoms with E-state index >= 15 is 0 Å². The summed E-state index contributed by atoms with van der Waals surface area (Å²) in [6.45, 7) is 0.554. The highest BCUT2D eigenvalue weighted by molar-refractivity contribution is 9.10. The second kappa shape index (κ2) is 5.80. The van der Waals surface area contributed by atoms with Gasteiger partial charge < -0.3 is 9.47 Å². The minimum absolute atomic E-state index is 0.0110. The highest BCUT2D eigenvalue weighted by Gasteiger charge is 2.15. The van der Waals surface area contributed by atoms with E-state index in [9.17, 15) is 4.79 Å². The van der Waals surface area contributed by atoms with Crippen molar-refractivity contribution in [3.8, 4) is 0 Å². The van der Waals surface area contributed by atoms with Crippen LogP contribution < -0.4 is 0 Å². The van der Waals surface area contributed by atoms with E-state index in [-0.39, 0.29) is 5.91 Å². The molecule has 0 spiro atoms. The molecule has 2 rings (SSSR count). The summed E-state index contributed by atoms with van der Waals surface area (Å²) in [6.07, 6.45) is 1.86. The number of halogens is 2. The van der Waals surface area contributed by atoms with Crippen molar-refractivity contribution < 1.29 is 4.79 Å². The van der Waals surface area contributed by atoms with Gasteiger partial charge >= 0.3 is 0 Å². The molecule has 0 N–H and O–H groups in total. The molecule has 1 aromatic heterocycles. The molecule has 0 atom stereocenters. The zero-order valence-corrected chi connectivity index (χ0v) is 13.1. The predicted molar refractivity (Wildman–Crippen MR) is 80.4 cm³/mol. The lowest BCUT2D eigenvalue weighted by molar-refractivity contribution is 0.0775. The summed E-state index contributed by atoms with van der Waals surface area (Å²) in [4.78, 5) is 14.0. The molecular formula is C14H14BrClN2O. The summed E-state index contributed by atoms with van der Waals surface area (Å²) < 4.78 is 2.71. The molecule has 0 aliphatic carbocycles. The molecule has 5 heteroatoms. The number of carbonyl (C=O) groups excluding carboxylic acids is 1. The first kappa shape index (κ1) is 14.2. The van der Waals surface area contributed by atoms with Crippen molar-refractivity contribution in [2.24, 2.45) is 7.05 Å². The highest BCUT2D eigenvalue weighted by Crippen LogP contribution is 2.16. The van der Waals surface area contributed by atoms with Crippen LogP contribution in [0, 0.1) is 0 Å². The third kappa shape index (κ3) is 3.39. The van der Waals surface area contributed by atoms with Crippen molar-refractivity contribution in [1.29, 1.82) is 0 Å². The highest BCUT2D eigenvalue weighted by atomic mass is 79.9. The molecule has 3 nitrogen and oxygen atoms in total. The molecule has 0 aliphatic heterocycles. The van der Waals surface area contributed by atoms with Crippen molar-refractivity contribution in [3.63, 3.8) is 0 Å². The monoisotopic (exact) mass is 340 g/mol. The van der Waals surface area contributed by atoms with Gasteiger partial charge in [-0.15, -0.1) is 0 Å². The van der Waals surface area contributed by atoms with Gasteiger partial charge in [-0.3, -0.25) is 4.79 Å². The number of hydrogen-bond donors (Lipinski definition) is 0. The maximum Gasteiger partial charge on any atom is 0.270 e. The lowest BCUT2D eigenvalue weighted by Gasteiger charge is -2.17. The third-order valence-corrected chi connectivity index (χ3v) is 3.56. The Morgan fingerprint density at radius 2 is 2.00 bits per heavy atom. The minimum atomic E-state index is -0.0110.